The molecule has 0 aromatic carbocycles. The summed E-state index contributed by atoms with van der Waals surface area (Å²) in [5.41, 5.74) is 0. The Hall–Kier alpha value is -3.53. The zero-order valence-corrected chi connectivity index (χ0v) is 64.4. The third-order valence-corrected chi connectivity index (χ3v) is 18.7. The average Bonchev–Trinajstić information content (AvgIpc) is 1.22. The van der Waals surface area contributed by atoms with E-state index >= 15 is 0 Å². The van der Waals surface area contributed by atoms with Gasteiger partial charge in [-0.1, -0.05) is 311 Å². The van der Waals surface area contributed by atoms with Crippen LogP contribution in [0, 0.1) is 0 Å². The minimum Gasteiger partial charge on any atom is -0.463 e. The Labute approximate surface area is 603 Å². The molecule has 574 valence electrons. The molecule has 99 heavy (non-hydrogen) atoms. The van der Waals surface area contributed by atoms with E-state index in [4.69, 9.17) is 32.3 Å². The lowest BCUT2D eigenvalue weighted by molar-refractivity contribution is -0.161. The van der Waals surface area contributed by atoms with Crippen molar-refractivity contribution in [1.82, 2.24) is 0 Å². The minimum atomic E-state index is -4.93. The van der Waals surface area contributed by atoms with Gasteiger partial charge in [0, 0.05) is 19.3 Å². The summed E-state index contributed by atoms with van der Waals surface area (Å²) in [5.74, 6) is -1.58. The van der Waals surface area contributed by atoms with E-state index in [9.17, 15) is 43.5 Å². The Morgan fingerprint density at radius 2 is 0.505 bits per heavy atom. The summed E-state index contributed by atoms with van der Waals surface area (Å²) >= 11 is 0. The van der Waals surface area contributed by atoms with Crippen molar-refractivity contribution in [2.45, 2.75) is 360 Å². The summed E-state index contributed by atoms with van der Waals surface area (Å²) in [6.07, 6.45) is 84.7. The first kappa shape index (κ1) is 95.5. The molecule has 18 heteroatoms. The molecule has 0 aliphatic heterocycles. The first-order chi connectivity index (χ1) is 48.2. The quantitative estimate of drug-likeness (QED) is 0.0146. The van der Waals surface area contributed by atoms with Gasteiger partial charge in [0.1, 0.15) is 25.4 Å². The highest BCUT2D eigenvalue weighted by Gasteiger charge is 2.29. The van der Waals surface area contributed by atoms with Crippen LogP contribution >= 0.6 is 15.6 Å². The number of ether oxygens (including phenoxy) is 3. The van der Waals surface area contributed by atoms with Gasteiger partial charge in [-0.05, 0) is 109 Å². The maximum Gasteiger partial charge on any atom is 0.472 e. The lowest BCUT2D eigenvalue weighted by Crippen LogP contribution is -2.30. The van der Waals surface area contributed by atoms with Crippen LogP contribution in [-0.4, -0.2) is 95.9 Å². The van der Waals surface area contributed by atoms with Gasteiger partial charge in [-0.3, -0.25) is 32.5 Å². The zero-order chi connectivity index (χ0) is 72.3. The van der Waals surface area contributed by atoms with Gasteiger partial charge in [-0.2, -0.15) is 0 Å². The van der Waals surface area contributed by atoms with Gasteiger partial charge >= 0.3 is 33.6 Å². The van der Waals surface area contributed by atoms with E-state index in [1.165, 1.54) is 167 Å². The predicted octanol–water partition coefficient (Wildman–Crippen LogP) is 23.0. The summed E-state index contributed by atoms with van der Waals surface area (Å²) in [5, 5.41) is 20.6. The molecule has 4 N–H and O–H groups in total. The van der Waals surface area contributed by atoms with E-state index in [0.29, 0.717) is 19.3 Å². The van der Waals surface area contributed by atoms with Crippen molar-refractivity contribution in [2.24, 2.45) is 0 Å². The fraction of sp³-hybridized carbons (Fsp3) is 0.765. The summed E-state index contributed by atoms with van der Waals surface area (Å²) in [4.78, 5) is 58.5. The second kappa shape index (κ2) is 74.2. The van der Waals surface area contributed by atoms with Crippen molar-refractivity contribution in [2.75, 3.05) is 39.6 Å². The monoisotopic (exact) mass is 1430 g/mol. The summed E-state index contributed by atoms with van der Waals surface area (Å²) in [7, 11) is -9.78. The van der Waals surface area contributed by atoms with Gasteiger partial charge in [0.25, 0.3) is 0 Å². The van der Waals surface area contributed by atoms with E-state index in [1.54, 1.807) is 0 Å². The second-order valence-electron chi connectivity index (χ2n) is 26.5. The van der Waals surface area contributed by atoms with Crippen LogP contribution in [0.3, 0.4) is 0 Å². The number of aliphatic hydroxyl groups excluding tert-OH is 2. The third kappa shape index (κ3) is 75.5. The lowest BCUT2D eigenvalue weighted by Gasteiger charge is -2.21. The van der Waals surface area contributed by atoms with Gasteiger partial charge in [-0.15, -0.1) is 0 Å². The Balaban J connectivity index is 4.41. The Kier molecular flexibility index (Phi) is 71.6. The largest absolute Gasteiger partial charge is 0.472 e. The Bertz CT molecular complexity index is 2190. The van der Waals surface area contributed by atoms with Crippen molar-refractivity contribution in [3.05, 3.63) is 97.2 Å². The summed E-state index contributed by atoms with van der Waals surface area (Å²) in [6.45, 7) is 2.62. The van der Waals surface area contributed by atoms with Gasteiger partial charge in [0.15, 0.2) is 6.10 Å². The number of unbranched alkanes of at least 4 members (excludes halogenated alkanes) is 36. The molecule has 0 fully saturated rings. The number of hydrogen-bond acceptors (Lipinski definition) is 14. The summed E-state index contributed by atoms with van der Waals surface area (Å²) in [6, 6.07) is 0. The smallest absolute Gasteiger partial charge is 0.463 e. The molecule has 5 atom stereocenters. The highest BCUT2D eigenvalue weighted by Crippen LogP contribution is 2.45. The zero-order valence-electron chi connectivity index (χ0n) is 62.6. The Morgan fingerprint density at radius 3 is 0.818 bits per heavy atom. The molecule has 0 radical (unpaired) electrons. The maximum atomic E-state index is 12.9. The molecular weight excluding hydrogens is 1290 g/mol. The minimum absolute atomic E-state index is 0.103. The van der Waals surface area contributed by atoms with Gasteiger partial charge in [-0.25, -0.2) is 9.13 Å². The van der Waals surface area contributed by atoms with Crippen LogP contribution in [-0.2, 0) is 55.8 Å². The molecule has 5 unspecified atom stereocenters. The van der Waals surface area contributed by atoms with Gasteiger partial charge in [0.2, 0.25) is 0 Å². The number of rotatable bonds is 75. The molecule has 0 aromatic heterocycles. The van der Waals surface area contributed by atoms with Crippen molar-refractivity contribution in [1.29, 1.82) is 0 Å². The number of allylic oxidation sites excluding steroid dienone is 16. The first-order valence-corrected chi connectivity index (χ1v) is 42.5. The van der Waals surface area contributed by atoms with Crippen molar-refractivity contribution in [3.63, 3.8) is 0 Å². The maximum absolute atomic E-state index is 12.9. The first-order valence-electron chi connectivity index (χ1n) is 39.5. The number of aliphatic hydroxyl groups is 2. The van der Waals surface area contributed by atoms with E-state index in [-0.39, 0.29) is 19.3 Å². The van der Waals surface area contributed by atoms with E-state index in [1.807, 2.05) is 0 Å². The summed E-state index contributed by atoms with van der Waals surface area (Å²) < 4.78 is 61.0. The molecule has 0 spiro atoms. The van der Waals surface area contributed by atoms with Crippen molar-refractivity contribution >= 4 is 33.6 Å². The second-order valence-corrected chi connectivity index (χ2v) is 29.4. The van der Waals surface area contributed by atoms with Crippen LogP contribution in [0.25, 0.3) is 0 Å². The molecule has 0 bridgehead atoms. The van der Waals surface area contributed by atoms with Crippen LogP contribution in [0.4, 0.5) is 0 Å². The number of esters is 3. The van der Waals surface area contributed by atoms with E-state index < -0.39 is 91.5 Å². The molecule has 0 aromatic rings. The number of phosphoric ester groups is 2. The molecular formula is C81H144O16P2. The van der Waals surface area contributed by atoms with Crippen molar-refractivity contribution < 1.29 is 75.8 Å². The fourth-order valence-electron chi connectivity index (χ4n) is 10.7. The molecule has 0 aliphatic carbocycles. The van der Waals surface area contributed by atoms with Crippen molar-refractivity contribution in [3.8, 4) is 0 Å². The van der Waals surface area contributed by atoms with Crippen LogP contribution in [0.15, 0.2) is 97.2 Å². The predicted molar refractivity (Wildman–Crippen MR) is 408 cm³/mol. The van der Waals surface area contributed by atoms with Crippen LogP contribution < -0.4 is 0 Å². The molecule has 0 aliphatic rings. The average molecular weight is 1440 g/mol. The molecule has 0 heterocycles. The lowest BCUT2D eigenvalue weighted by atomic mass is 10.0. The number of carbonyl (C=O) groups is 3. The highest BCUT2D eigenvalue weighted by atomic mass is 31.2. The number of carbonyl (C=O) groups excluding carboxylic acids is 3. The number of phosphoric acid groups is 2. The van der Waals surface area contributed by atoms with E-state index in [2.05, 4.69) is 118 Å². The molecule has 0 amide bonds. The standard InChI is InChI=1S/C81H144O16P2/c1-4-7-10-13-16-19-22-24-26-28-30-32-33-34-35-36-37-38-39-40-41-43-45-46-48-50-53-55-58-61-64-67-79(84)91-70-76(82)71-93-98(87,88)94-72-77(83)73-95-99(89,90)96-75-78(97-81(86)69-66-63-60-57-52-21-18-15-12-9-6-3)74-92-80(85)68-65-62-59-56-54-51-49-47-44-42-31-29-27-25-23-20-17-14-11-8-5-2/h16-17,19-20,24-27,30-32,34-35,42,47,49,76-78,82-83H,4-15,18,21-23,28-29,33,36-41,43-46,48,50-75H2,1-3H3,(H,87,88)(H,89,90)/b19-16-,20-17-,26-24-,27-25-,32-30-,35-34-,42-31-,49-47-. The topological polar surface area (TPSA) is 231 Å². The van der Waals surface area contributed by atoms with Gasteiger partial charge < -0.3 is 34.2 Å². The molecule has 0 rings (SSSR count). The third-order valence-electron chi connectivity index (χ3n) is 16.8. The van der Waals surface area contributed by atoms with Crippen LogP contribution in [0.5, 0.6) is 0 Å². The van der Waals surface area contributed by atoms with Crippen LogP contribution in [0.2, 0.25) is 0 Å². The highest BCUT2D eigenvalue weighted by molar-refractivity contribution is 7.47. The normalized spacial score (nSPS) is 14.5. The SMILES string of the molecule is CCCCC/C=C\C/C=C\C/C=C\C/C=C\CCCCCCCCCCCCCCCCCC(=O)OCC(O)COP(=O)(O)OCC(O)COP(=O)(O)OCC(COC(=O)CCCCCCC/C=C\C/C=C\C/C=C\C/C=C\CCCCC)OC(=O)CCCCCCCCCCCCC. The fourth-order valence-corrected chi connectivity index (χ4v) is 12.3. The van der Waals surface area contributed by atoms with E-state index in [0.717, 1.165) is 116 Å². The molecule has 16 nitrogen and oxygen atoms in total. The molecule has 0 saturated heterocycles. The van der Waals surface area contributed by atoms with Crippen LogP contribution in [0.1, 0.15) is 342 Å². The van der Waals surface area contributed by atoms with Gasteiger partial charge in [0.05, 0.1) is 26.4 Å². The number of hydrogen-bond donors (Lipinski definition) is 4. The molecule has 0 saturated carbocycles. The Morgan fingerprint density at radius 1 is 0.283 bits per heavy atom.